The van der Waals surface area contributed by atoms with E-state index in [1.54, 1.807) is 0 Å². The molecular formula is C16H38N4O6. The summed E-state index contributed by atoms with van der Waals surface area (Å²) >= 11 is 0. The number of carboxylic acids is 2. The van der Waals surface area contributed by atoms with E-state index in [1.807, 2.05) is 0 Å². The number of hydrogen-bond acceptors (Lipinski definition) is 8. The van der Waals surface area contributed by atoms with Crippen LogP contribution in [0.25, 0.3) is 0 Å². The van der Waals surface area contributed by atoms with Crippen LogP contribution < -0.4 is 22.9 Å². The summed E-state index contributed by atoms with van der Waals surface area (Å²) in [6.07, 6.45) is 7.40. The highest BCUT2D eigenvalue weighted by Crippen LogP contribution is 2.00. The lowest BCUT2D eigenvalue weighted by atomic mass is 10.1. The Morgan fingerprint density at radius 2 is 0.923 bits per heavy atom. The Labute approximate surface area is 155 Å². The van der Waals surface area contributed by atoms with Crippen molar-refractivity contribution in [3.8, 4) is 0 Å². The predicted molar refractivity (Wildman–Crippen MR) is 100 cm³/mol. The molecule has 0 bridgehead atoms. The van der Waals surface area contributed by atoms with Gasteiger partial charge in [0.25, 0.3) is 0 Å². The lowest BCUT2D eigenvalue weighted by molar-refractivity contribution is -0.159. The zero-order valence-electron chi connectivity index (χ0n) is 15.6. The molecule has 0 aromatic heterocycles. The van der Waals surface area contributed by atoms with Crippen LogP contribution in [0.2, 0.25) is 0 Å². The van der Waals surface area contributed by atoms with Gasteiger partial charge in [-0.25, -0.2) is 9.59 Å². The number of aliphatic hydroxyl groups is 2. The zero-order chi connectivity index (χ0) is 20.8. The Hall–Kier alpha value is -1.30. The average Bonchev–Trinajstić information content (AvgIpc) is 2.62. The van der Waals surface area contributed by atoms with Crippen molar-refractivity contribution in [3.63, 3.8) is 0 Å². The number of carbonyl (C=O) groups is 2. The number of aliphatic carboxylic acids is 2. The van der Waals surface area contributed by atoms with Gasteiger partial charge in [0.15, 0.2) is 0 Å². The SMILES string of the molecule is NCCCC(N)CCCO.NCCCC(N)CCCO.O=C(O)C(=O)O. The lowest BCUT2D eigenvalue weighted by Crippen LogP contribution is -2.21. The molecule has 0 radical (unpaired) electrons. The summed E-state index contributed by atoms with van der Waals surface area (Å²) in [5, 5.41) is 31.7. The minimum absolute atomic E-state index is 0.232. The highest BCUT2D eigenvalue weighted by molar-refractivity contribution is 6.27. The van der Waals surface area contributed by atoms with E-state index in [0.717, 1.165) is 51.4 Å². The van der Waals surface area contributed by atoms with Crippen molar-refractivity contribution in [1.29, 1.82) is 0 Å². The van der Waals surface area contributed by atoms with Gasteiger partial charge in [0.1, 0.15) is 0 Å². The number of carboxylic acid groups (broad SMARTS) is 2. The Balaban J connectivity index is -0.000000316. The van der Waals surface area contributed by atoms with Crippen molar-refractivity contribution < 1.29 is 30.0 Å². The molecule has 0 heterocycles. The number of hydrogen-bond donors (Lipinski definition) is 8. The maximum atomic E-state index is 9.10. The summed E-state index contributed by atoms with van der Waals surface area (Å²) in [5.41, 5.74) is 22.0. The molecule has 0 saturated heterocycles. The number of rotatable bonds is 12. The molecule has 0 saturated carbocycles. The smallest absolute Gasteiger partial charge is 0.414 e. The second-order valence-electron chi connectivity index (χ2n) is 5.72. The van der Waals surface area contributed by atoms with Crippen molar-refractivity contribution in [3.05, 3.63) is 0 Å². The van der Waals surface area contributed by atoms with E-state index in [4.69, 9.17) is 52.9 Å². The van der Waals surface area contributed by atoms with E-state index < -0.39 is 11.9 Å². The molecule has 158 valence electrons. The van der Waals surface area contributed by atoms with Crippen molar-refractivity contribution in [2.75, 3.05) is 26.3 Å². The molecule has 10 heteroatoms. The van der Waals surface area contributed by atoms with Gasteiger partial charge >= 0.3 is 11.9 Å². The summed E-state index contributed by atoms with van der Waals surface area (Å²) in [4.78, 5) is 18.2. The summed E-state index contributed by atoms with van der Waals surface area (Å²) in [5.74, 6) is -3.65. The summed E-state index contributed by atoms with van der Waals surface area (Å²) in [7, 11) is 0. The lowest BCUT2D eigenvalue weighted by Gasteiger charge is -2.08. The molecular weight excluding hydrogens is 344 g/mol. The Morgan fingerprint density at radius 1 is 0.654 bits per heavy atom. The summed E-state index contributed by atoms with van der Waals surface area (Å²) in [6.45, 7) is 1.92. The van der Waals surface area contributed by atoms with E-state index in [1.165, 1.54) is 0 Å². The van der Waals surface area contributed by atoms with Gasteiger partial charge in [0, 0.05) is 25.3 Å². The van der Waals surface area contributed by atoms with E-state index >= 15 is 0 Å². The first kappa shape index (κ1) is 29.5. The first-order valence-electron chi connectivity index (χ1n) is 8.85. The van der Waals surface area contributed by atoms with Crippen LogP contribution in [-0.2, 0) is 9.59 Å². The first-order chi connectivity index (χ1) is 12.3. The maximum absolute atomic E-state index is 9.10. The molecule has 0 aromatic rings. The van der Waals surface area contributed by atoms with Crippen LogP contribution in [0.15, 0.2) is 0 Å². The first-order valence-corrected chi connectivity index (χ1v) is 8.85. The van der Waals surface area contributed by atoms with Gasteiger partial charge in [-0.15, -0.1) is 0 Å². The van der Waals surface area contributed by atoms with Crippen molar-refractivity contribution in [1.82, 2.24) is 0 Å². The van der Waals surface area contributed by atoms with Crippen molar-refractivity contribution >= 4 is 11.9 Å². The molecule has 0 spiro atoms. The molecule has 0 aliphatic rings. The maximum Gasteiger partial charge on any atom is 0.414 e. The minimum Gasteiger partial charge on any atom is -0.473 e. The molecule has 10 nitrogen and oxygen atoms in total. The highest BCUT2D eigenvalue weighted by atomic mass is 16.4. The van der Waals surface area contributed by atoms with Crippen LogP contribution in [-0.4, -0.2) is 70.8 Å². The number of aliphatic hydroxyl groups excluding tert-OH is 2. The van der Waals surface area contributed by atoms with E-state index in [-0.39, 0.29) is 25.3 Å². The third-order valence-corrected chi connectivity index (χ3v) is 3.21. The molecule has 12 N–H and O–H groups in total. The molecule has 0 aliphatic carbocycles. The third kappa shape index (κ3) is 30.6. The van der Waals surface area contributed by atoms with E-state index in [9.17, 15) is 0 Å². The topological polar surface area (TPSA) is 219 Å². The zero-order valence-corrected chi connectivity index (χ0v) is 15.6. The van der Waals surface area contributed by atoms with Crippen LogP contribution in [0.1, 0.15) is 51.4 Å². The largest absolute Gasteiger partial charge is 0.473 e. The van der Waals surface area contributed by atoms with Crippen LogP contribution >= 0.6 is 0 Å². The highest BCUT2D eigenvalue weighted by Gasteiger charge is 2.04. The summed E-state index contributed by atoms with van der Waals surface area (Å²) in [6, 6.07) is 0.464. The molecule has 2 atom stereocenters. The fraction of sp³-hybridized carbons (Fsp3) is 0.875. The van der Waals surface area contributed by atoms with Crippen LogP contribution in [0, 0.1) is 0 Å². The van der Waals surface area contributed by atoms with E-state index in [2.05, 4.69) is 0 Å². The van der Waals surface area contributed by atoms with Gasteiger partial charge in [-0.2, -0.15) is 0 Å². The Kier molecular flexibility index (Phi) is 26.9. The van der Waals surface area contributed by atoms with Gasteiger partial charge < -0.3 is 43.4 Å². The van der Waals surface area contributed by atoms with Gasteiger partial charge in [-0.3, -0.25) is 0 Å². The monoisotopic (exact) mass is 382 g/mol. The van der Waals surface area contributed by atoms with E-state index in [0.29, 0.717) is 13.1 Å². The molecule has 2 unspecified atom stereocenters. The average molecular weight is 383 g/mol. The molecule has 0 amide bonds. The number of nitrogens with two attached hydrogens (primary N) is 4. The Bertz CT molecular complexity index is 275. The quantitative estimate of drug-likeness (QED) is 0.188. The molecule has 0 rings (SSSR count). The second-order valence-corrected chi connectivity index (χ2v) is 5.72. The second kappa shape index (κ2) is 23.7. The fourth-order valence-corrected chi connectivity index (χ4v) is 1.76. The van der Waals surface area contributed by atoms with Crippen LogP contribution in [0.3, 0.4) is 0 Å². The van der Waals surface area contributed by atoms with Crippen molar-refractivity contribution in [2.24, 2.45) is 22.9 Å². The van der Waals surface area contributed by atoms with Gasteiger partial charge in [0.05, 0.1) is 0 Å². The molecule has 26 heavy (non-hydrogen) atoms. The van der Waals surface area contributed by atoms with Gasteiger partial charge in [-0.1, -0.05) is 0 Å². The van der Waals surface area contributed by atoms with Crippen molar-refractivity contribution in [2.45, 2.75) is 63.5 Å². The molecule has 0 aromatic carbocycles. The fourth-order valence-electron chi connectivity index (χ4n) is 1.76. The third-order valence-electron chi connectivity index (χ3n) is 3.21. The normalized spacial score (nSPS) is 12.1. The predicted octanol–water partition coefficient (Wildman–Crippen LogP) is -1.19. The molecule has 0 aliphatic heterocycles. The minimum atomic E-state index is -1.82. The standard InChI is InChI=1S/2C7H18N2O.C2H2O4/c2*8-5-1-3-7(9)4-2-6-10;3-1(4)2(5)6/h2*7,10H,1-6,8-9H2;(H,3,4)(H,5,6). The Morgan fingerprint density at radius 3 is 1.12 bits per heavy atom. The summed E-state index contributed by atoms with van der Waals surface area (Å²) < 4.78 is 0. The molecule has 0 fully saturated rings. The van der Waals surface area contributed by atoms with Gasteiger partial charge in [0.2, 0.25) is 0 Å². The van der Waals surface area contributed by atoms with Crippen LogP contribution in [0.5, 0.6) is 0 Å². The van der Waals surface area contributed by atoms with Gasteiger partial charge in [-0.05, 0) is 64.5 Å². The van der Waals surface area contributed by atoms with Crippen LogP contribution in [0.4, 0.5) is 0 Å².